The van der Waals surface area contributed by atoms with Gasteiger partial charge in [0.15, 0.2) is 0 Å². The third-order valence-electron chi connectivity index (χ3n) is 0. The Morgan fingerprint density at radius 2 is 0.800 bits per heavy atom. The molecule has 0 atom stereocenters. The first-order chi connectivity index (χ1) is 0. The maximum atomic E-state index is 0. The molecule has 0 aliphatic rings. The molecule has 0 fully saturated rings. The Bertz CT molecular complexity index is 6.85. The van der Waals surface area contributed by atoms with Crippen molar-refractivity contribution in [1.29, 1.82) is 0 Å². The SMILES string of the molecule is O.[OH-].[OH-].[Sn].[Zn+2]. The zero-order valence-electron chi connectivity index (χ0n) is 2.60. The van der Waals surface area contributed by atoms with E-state index in [2.05, 4.69) is 0 Å². The molecule has 0 amide bonds. The maximum absolute atomic E-state index is 0. The summed E-state index contributed by atoms with van der Waals surface area (Å²) >= 11 is 0. The Balaban J connectivity index is 0. The normalized spacial score (nSPS) is 0. The molecular formula is H4O3SnZn. The molecule has 0 saturated heterocycles. The molecule has 0 aromatic rings. The van der Waals surface area contributed by atoms with Gasteiger partial charge in [0.1, 0.15) is 0 Å². The van der Waals surface area contributed by atoms with Crippen molar-refractivity contribution >= 4 is 23.9 Å². The van der Waals surface area contributed by atoms with Crippen LogP contribution in [0, 0.1) is 0 Å². The summed E-state index contributed by atoms with van der Waals surface area (Å²) in [4.78, 5) is 0. The van der Waals surface area contributed by atoms with Crippen molar-refractivity contribution in [2.75, 3.05) is 0 Å². The molecule has 0 heterocycles. The minimum atomic E-state index is 0. The fourth-order valence-corrected chi connectivity index (χ4v) is 0. The summed E-state index contributed by atoms with van der Waals surface area (Å²) in [6, 6.07) is 0. The predicted octanol–water partition coefficient (Wildman–Crippen LogP) is -1.56. The van der Waals surface area contributed by atoms with E-state index in [1.807, 2.05) is 0 Å². The van der Waals surface area contributed by atoms with Gasteiger partial charge in [-0.2, -0.15) is 0 Å². The average Bonchev–Trinajstić information content (AvgIpc) is 0. The second-order valence-electron chi connectivity index (χ2n) is 0. The first-order valence-corrected chi connectivity index (χ1v) is 0. The van der Waals surface area contributed by atoms with E-state index in [1.54, 1.807) is 0 Å². The minimum Gasteiger partial charge on any atom is -0.870 e. The summed E-state index contributed by atoms with van der Waals surface area (Å²) in [5.41, 5.74) is 0. The summed E-state index contributed by atoms with van der Waals surface area (Å²) in [6.07, 6.45) is 0. The van der Waals surface area contributed by atoms with Crippen molar-refractivity contribution in [2.45, 2.75) is 0 Å². The van der Waals surface area contributed by atoms with Crippen molar-refractivity contribution in [1.82, 2.24) is 0 Å². The van der Waals surface area contributed by atoms with Crippen molar-refractivity contribution in [2.24, 2.45) is 0 Å². The van der Waals surface area contributed by atoms with Crippen molar-refractivity contribution in [3.05, 3.63) is 0 Å². The standard InChI is InChI=1S/3H2O.Sn.Zn/h3*1H2;;/q;;;;+2/p-2. The van der Waals surface area contributed by atoms with Crippen LogP contribution in [-0.4, -0.2) is 40.3 Å². The van der Waals surface area contributed by atoms with Crippen molar-refractivity contribution in [3.63, 3.8) is 0 Å². The van der Waals surface area contributed by atoms with Gasteiger partial charge in [-0.15, -0.1) is 0 Å². The van der Waals surface area contributed by atoms with E-state index in [1.165, 1.54) is 0 Å². The molecule has 0 spiro atoms. The summed E-state index contributed by atoms with van der Waals surface area (Å²) in [5.74, 6) is 0. The maximum Gasteiger partial charge on any atom is 2.00 e. The second-order valence-corrected chi connectivity index (χ2v) is 0. The fourth-order valence-electron chi connectivity index (χ4n) is 0. The van der Waals surface area contributed by atoms with E-state index in [9.17, 15) is 0 Å². The van der Waals surface area contributed by atoms with Gasteiger partial charge in [-0.05, 0) is 0 Å². The van der Waals surface area contributed by atoms with Crippen LogP contribution in [0.5, 0.6) is 0 Å². The molecule has 0 aromatic carbocycles. The molecular weight excluding hydrogens is 232 g/mol. The Morgan fingerprint density at radius 1 is 0.800 bits per heavy atom. The Morgan fingerprint density at radius 3 is 0.800 bits per heavy atom. The molecule has 5 heteroatoms. The summed E-state index contributed by atoms with van der Waals surface area (Å²) in [6.45, 7) is 0. The van der Waals surface area contributed by atoms with Gasteiger partial charge in [-0.1, -0.05) is 0 Å². The van der Waals surface area contributed by atoms with E-state index < -0.39 is 0 Å². The van der Waals surface area contributed by atoms with E-state index in [4.69, 9.17) is 0 Å². The first-order valence-electron chi connectivity index (χ1n) is 0. The van der Waals surface area contributed by atoms with Gasteiger partial charge in [0.25, 0.3) is 0 Å². The second kappa shape index (κ2) is 57.9. The molecule has 5 heavy (non-hydrogen) atoms. The quantitative estimate of drug-likeness (QED) is 0.476. The molecule has 0 rings (SSSR count). The number of rotatable bonds is 0. The van der Waals surface area contributed by atoms with Gasteiger partial charge in [0, 0.05) is 23.9 Å². The molecule has 28 valence electrons. The van der Waals surface area contributed by atoms with Gasteiger partial charge in [-0.3, -0.25) is 0 Å². The Kier molecular flexibility index (Phi) is 1210. The van der Waals surface area contributed by atoms with E-state index in [0.29, 0.717) is 0 Å². The third kappa shape index (κ3) is 34.1. The fraction of sp³-hybridized carbons (Fsp3) is 0. The number of hydrogen-bond donors (Lipinski definition) is 0. The molecule has 0 unspecified atom stereocenters. The molecule has 0 aliphatic heterocycles. The van der Waals surface area contributed by atoms with Gasteiger partial charge < -0.3 is 16.4 Å². The molecule has 0 saturated carbocycles. The number of hydrogen-bond acceptors (Lipinski definition) is 2. The van der Waals surface area contributed by atoms with Crippen LogP contribution in [0.25, 0.3) is 0 Å². The average molecular weight is 236 g/mol. The van der Waals surface area contributed by atoms with Gasteiger partial charge in [0.05, 0.1) is 0 Å². The van der Waals surface area contributed by atoms with E-state index in [-0.39, 0.29) is 59.8 Å². The van der Waals surface area contributed by atoms with Crippen LogP contribution in [0.3, 0.4) is 0 Å². The zero-order chi connectivity index (χ0) is 0. The van der Waals surface area contributed by atoms with Gasteiger partial charge in [-0.25, -0.2) is 0 Å². The van der Waals surface area contributed by atoms with E-state index in [0.717, 1.165) is 0 Å². The molecule has 4 N–H and O–H groups in total. The topological polar surface area (TPSA) is 91.5 Å². The monoisotopic (exact) mass is 236 g/mol. The molecule has 0 bridgehead atoms. The van der Waals surface area contributed by atoms with Crippen LogP contribution in [-0.2, 0) is 19.5 Å². The zero-order valence-corrected chi connectivity index (χ0v) is 8.42. The smallest absolute Gasteiger partial charge is 0.870 e. The van der Waals surface area contributed by atoms with Crippen LogP contribution in [0.2, 0.25) is 0 Å². The van der Waals surface area contributed by atoms with Gasteiger partial charge in [0.2, 0.25) is 0 Å². The summed E-state index contributed by atoms with van der Waals surface area (Å²) in [7, 11) is 0. The minimum absolute atomic E-state index is 0. The Labute approximate surface area is 59.8 Å². The third-order valence-corrected chi connectivity index (χ3v) is 0. The molecule has 0 aliphatic carbocycles. The predicted molar refractivity (Wildman–Crippen MR) is 13.2 cm³/mol. The molecule has 4 radical (unpaired) electrons. The molecule has 3 nitrogen and oxygen atoms in total. The van der Waals surface area contributed by atoms with Crippen LogP contribution in [0.4, 0.5) is 0 Å². The Hall–Kier alpha value is 1.30. The van der Waals surface area contributed by atoms with Crippen LogP contribution < -0.4 is 0 Å². The van der Waals surface area contributed by atoms with Crippen LogP contribution in [0.15, 0.2) is 0 Å². The van der Waals surface area contributed by atoms with Gasteiger partial charge >= 0.3 is 19.5 Å². The van der Waals surface area contributed by atoms with Crippen molar-refractivity contribution in [3.8, 4) is 0 Å². The van der Waals surface area contributed by atoms with Crippen LogP contribution in [0.1, 0.15) is 0 Å². The van der Waals surface area contributed by atoms with E-state index >= 15 is 0 Å². The summed E-state index contributed by atoms with van der Waals surface area (Å²) < 4.78 is 0. The molecule has 0 aromatic heterocycles. The largest absolute Gasteiger partial charge is 2.00 e. The first kappa shape index (κ1) is 104. The summed E-state index contributed by atoms with van der Waals surface area (Å²) in [5, 5.41) is 0. The van der Waals surface area contributed by atoms with Crippen LogP contribution >= 0.6 is 0 Å². The van der Waals surface area contributed by atoms with Crippen molar-refractivity contribution < 1.29 is 35.9 Å².